The van der Waals surface area contributed by atoms with E-state index in [-0.39, 0.29) is 27.4 Å². The number of pyridine rings is 2. The first-order valence-electron chi connectivity index (χ1n) is 13.0. The van der Waals surface area contributed by atoms with Crippen LogP contribution in [0.5, 0.6) is 5.75 Å². The molecule has 1 aliphatic rings. The Hall–Kier alpha value is -2.82. The van der Waals surface area contributed by atoms with Gasteiger partial charge in [-0.05, 0) is 28.4 Å². The van der Waals surface area contributed by atoms with Gasteiger partial charge in [0, 0.05) is 50.3 Å². The Morgan fingerprint density at radius 1 is 0.889 bits per heavy atom. The zero-order valence-electron chi connectivity index (χ0n) is 24.0. The summed E-state index contributed by atoms with van der Waals surface area (Å²) in [5.74, 6) is 0.194. The molecule has 0 unspecified atom stereocenters. The maximum Gasteiger partial charge on any atom is 0.210 e. The Morgan fingerprint density at radius 3 is 2.03 bits per heavy atom. The number of aromatic hydroxyl groups is 1. The minimum absolute atomic E-state index is 0.0586. The van der Waals surface area contributed by atoms with E-state index < -0.39 is 10.8 Å². The summed E-state index contributed by atoms with van der Waals surface area (Å²) in [6.45, 7) is 26.1. The maximum absolute atomic E-state index is 14.3. The van der Waals surface area contributed by atoms with Crippen molar-refractivity contribution in [3.63, 3.8) is 0 Å². The Balaban J connectivity index is 2.10. The molecule has 0 atom stereocenters. The summed E-state index contributed by atoms with van der Waals surface area (Å²) in [6.07, 6.45) is 1.95. The number of phenolic OH excluding ortho intramolecular Hbond substituents is 1. The van der Waals surface area contributed by atoms with Crippen LogP contribution in [0.4, 0.5) is 0 Å². The van der Waals surface area contributed by atoms with Gasteiger partial charge in [0.25, 0.3) is 0 Å². The summed E-state index contributed by atoms with van der Waals surface area (Å²) >= 11 is 0. The fraction of sp³-hybridized carbons (Fsp3) is 0.548. The molecule has 0 spiro atoms. The minimum Gasteiger partial charge on any atom is -0.505 e. The number of nitrogens with one attached hydrogen (secondary N) is 1. The van der Waals surface area contributed by atoms with Crippen molar-refractivity contribution < 1.29 is 5.11 Å². The van der Waals surface area contributed by atoms with Crippen LogP contribution in [0.15, 0.2) is 23.1 Å². The molecule has 0 amide bonds. The predicted octanol–water partition coefficient (Wildman–Crippen LogP) is 7.22. The van der Waals surface area contributed by atoms with E-state index >= 15 is 0 Å². The van der Waals surface area contributed by atoms with E-state index in [1.807, 2.05) is 12.3 Å². The van der Waals surface area contributed by atoms with Gasteiger partial charge in [0.1, 0.15) is 22.4 Å². The number of benzene rings is 1. The predicted molar refractivity (Wildman–Crippen MR) is 150 cm³/mol. The Kier molecular flexibility index (Phi) is 4.65. The van der Waals surface area contributed by atoms with Crippen LogP contribution >= 0.6 is 0 Å². The number of fused-ring (bicyclic) bond motifs is 6. The van der Waals surface area contributed by atoms with Crippen molar-refractivity contribution in [1.82, 2.24) is 14.4 Å². The number of rotatable bonds is 0. The molecule has 0 saturated carbocycles. The molecule has 2 N–H and O–H groups in total. The molecule has 4 aromatic rings. The fourth-order valence-electron chi connectivity index (χ4n) is 6.52. The molecule has 3 heterocycles. The van der Waals surface area contributed by atoms with Gasteiger partial charge in [-0.2, -0.15) is 0 Å². The van der Waals surface area contributed by atoms with Crippen LogP contribution in [-0.4, -0.2) is 19.5 Å². The number of hydrogen-bond acceptors (Lipinski definition) is 3. The number of aromatic nitrogens is 3. The lowest BCUT2D eigenvalue weighted by Gasteiger charge is -2.44. The molecule has 192 valence electrons. The van der Waals surface area contributed by atoms with E-state index in [0.29, 0.717) is 16.6 Å². The van der Waals surface area contributed by atoms with Crippen molar-refractivity contribution in [2.75, 3.05) is 0 Å². The van der Waals surface area contributed by atoms with Gasteiger partial charge in [0.15, 0.2) is 0 Å². The number of aromatic amines is 1. The molecule has 1 aromatic carbocycles. The zero-order chi connectivity index (χ0) is 27.0. The summed E-state index contributed by atoms with van der Waals surface area (Å²) in [4.78, 5) is 22.7. The summed E-state index contributed by atoms with van der Waals surface area (Å²) in [5, 5.41) is 14.1. The molecular weight excluding hydrogens is 446 g/mol. The molecule has 3 aromatic heterocycles. The van der Waals surface area contributed by atoms with Crippen molar-refractivity contribution in [3.05, 3.63) is 51.1 Å². The number of phenols is 1. The molecule has 0 bridgehead atoms. The van der Waals surface area contributed by atoms with Crippen molar-refractivity contribution in [2.45, 2.75) is 105 Å². The third-order valence-corrected chi connectivity index (χ3v) is 9.72. The minimum atomic E-state index is -0.423. The highest BCUT2D eigenvalue weighted by molar-refractivity contribution is 6.02. The Morgan fingerprint density at radius 2 is 1.47 bits per heavy atom. The van der Waals surface area contributed by atoms with Crippen LogP contribution in [0, 0.1) is 5.41 Å². The lowest BCUT2D eigenvalue weighted by molar-refractivity contribution is 0.123. The summed E-state index contributed by atoms with van der Waals surface area (Å²) in [5.41, 5.74) is 3.74. The molecule has 5 nitrogen and oxygen atoms in total. The summed E-state index contributed by atoms with van der Waals surface area (Å²) in [6, 6.07) is 4.25. The average molecular weight is 488 g/mol. The van der Waals surface area contributed by atoms with Gasteiger partial charge in [-0.15, -0.1) is 0 Å². The van der Waals surface area contributed by atoms with E-state index in [9.17, 15) is 9.90 Å². The molecule has 1 aliphatic carbocycles. The lowest BCUT2D eigenvalue weighted by Crippen LogP contribution is -2.43. The number of nitrogens with zero attached hydrogens (tertiary/aromatic N) is 2. The first-order chi connectivity index (χ1) is 16.3. The van der Waals surface area contributed by atoms with Gasteiger partial charge in [-0.3, -0.25) is 9.20 Å². The first kappa shape index (κ1) is 24.9. The SMILES string of the molecule is CC(C)(C)c1[nH]ccc2c1cc(C(C)(C)C)n1c2nc2c(=O)c3c(c(O)c21)C(C)(C)C(C)(C)C3(C)C. The summed E-state index contributed by atoms with van der Waals surface area (Å²) in [7, 11) is 0. The Labute approximate surface area is 214 Å². The largest absolute Gasteiger partial charge is 0.505 e. The van der Waals surface area contributed by atoms with Gasteiger partial charge in [0.2, 0.25) is 5.43 Å². The lowest BCUT2D eigenvalue weighted by atomic mass is 9.59. The number of imidazole rings is 1. The van der Waals surface area contributed by atoms with Crippen molar-refractivity contribution in [3.8, 4) is 5.75 Å². The van der Waals surface area contributed by atoms with E-state index in [1.54, 1.807) is 0 Å². The molecule has 0 fully saturated rings. The fourth-order valence-corrected chi connectivity index (χ4v) is 6.52. The van der Waals surface area contributed by atoms with Crippen molar-refractivity contribution in [1.29, 1.82) is 0 Å². The van der Waals surface area contributed by atoms with Gasteiger partial charge < -0.3 is 10.1 Å². The highest BCUT2D eigenvalue weighted by atomic mass is 16.3. The van der Waals surface area contributed by atoms with Gasteiger partial charge >= 0.3 is 0 Å². The van der Waals surface area contributed by atoms with Gasteiger partial charge in [-0.25, -0.2) is 4.98 Å². The van der Waals surface area contributed by atoms with Crippen LogP contribution in [0.2, 0.25) is 0 Å². The van der Waals surface area contributed by atoms with E-state index in [4.69, 9.17) is 4.98 Å². The van der Waals surface area contributed by atoms with Crippen LogP contribution in [-0.2, 0) is 21.7 Å². The quantitative estimate of drug-likeness (QED) is 0.275. The highest BCUT2D eigenvalue weighted by Gasteiger charge is 2.59. The topological polar surface area (TPSA) is 70.4 Å². The van der Waals surface area contributed by atoms with Gasteiger partial charge in [-0.1, -0.05) is 83.1 Å². The molecule has 0 aliphatic heterocycles. The van der Waals surface area contributed by atoms with Crippen LogP contribution in [0.3, 0.4) is 0 Å². The standard InChI is InChI=1S/C31H41N3O2/c1-27(2,3)18-15-17-16(13-14-32-25(17)28(4,5)6)26-33-21-22(34(18)26)24(36)20-19(23(21)35)29(7,8)31(11,12)30(20,9)10/h13-15,32,36H,1-12H3. The zero-order valence-corrected chi connectivity index (χ0v) is 24.0. The second kappa shape index (κ2) is 6.73. The normalized spacial score (nSPS) is 18.9. The maximum atomic E-state index is 14.3. The molecule has 36 heavy (non-hydrogen) atoms. The van der Waals surface area contributed by atoms with Crippen LogP contribution < -0.4 is 5.43 Å². The Bertz CT molecular complexity index is 1650. The van der Waals surface area contributed by atoms with E-state index in [2.05, 4.69) is 98.5 Å². The second-order valence-electron chi connectivity index (χ2n) is 14.5. The molecular formula is C31H41N3O2. The van der Waals surface area contributed by atoms with E-state index in [1.165, 1.54) is 0 Å². The van der Waals surface area contributed by atoms with Gasteiger partial charge in [0.05, 0.1) is 0 Å². The van der Waals surface area contributed by atoms with Crippen LogP contribution in [0.25, 0.3) is 27.5 Å². The average Bonchev–Trinajstić information content (AvgIpc) is 3.18. The number of hydrogen-bond donors (Lipinski definition) is 2. The highest BCUT2D eigenvalue weighted by Crippen LogP contribution is 2.63. The van der Waals surface area contributed by atoms with Crippen molar-refractivity contribution >= 4 is 27.5 Å². The van der Waals surface area contributed by atoms with Crippen molar-refractivity contribution in [2.24, 2.45) is 5.41 Å². The molecule has 0 radical (unpaired) electrons. The second-order valence-corrected chi connectivity index (χ2v) is 14.5. The number of H-pyrrole nitrogens is 1. The third kappa shape index (κ3) is 2.77. The molecule has 5 rings (SSSR count). The monoisotopic (exact) mass is 487 g/mol. The molecule has 5 heteroatoms. The molecule has 0 saturated heterocycles. The summed E-state index contributed by atoms with van der Waals surface area (Å²) < 4.78 is 2.05. The smallest absolute Gasteiger partial charge is 0.210 e. The first-order valence-corrected chi connectivity index (χ1v) is 13.0. The third-order valence-electron chi connectivity index (χ3n) is 9.72. The van der Waals surface area contributed by atoms with E-state index in [0.717, 1.165) is 33.4 Å². The van der Waals surface area contributed by atoms with Crippen LogP contribution in [0.1, 0.15) is 106 Å².